The van der Waals surface area contributed by atoms with Crippen LogP contribution in [0.4, 0.5) is 4.39 Å². The number of halogens is 1. The van der Waals surface area contributed by atoms with E-state index in [0.717, 1.165) is 30.1 Å². The molecule has 0 bridgehead atoms. The fraction of sp³-hybridized carbons (Fsp3) is 0.444. The number of thiazole rings is 1. The van der Waals surface area contributed by atoms with Crippen molar-refractivity contribution >= 4 is 39.8 Å². The largest absolute Gasteiger partial charge is 0.349 e. The average molecular weight is 539 g/mol. The maximum Gasteiger partial charge on any atom is 0.280 e. The monoisotopic (exact) mass is 538 g/mol. The summed E-state index contributed by atoms with van der Waals surface area (Å²) < 4.78 is 13.5. The smallest absolute Gasteiger partial charge is 0.280 e. The summed E-state index contributed by atoms with van der Waals surface area (Å²) in [5.74, 6) is -1.29. The van der Waals surface area contributed by atoms with Gasteiger partial charge in [-0.1, -0.05) is 6.07 Å². The van der Waals surface area contributed by atoms with Gasteiger partial charge in [-0.15, -0.1) is 11.3 Å². The first-order valence-corrected chi connectivity index (χ1v) is 13.5. The number of benzene rings is 1. The molecule has 1 fully saturated rings. The van der Waals surface area contributed by atoms with E-state index in [1.54, 1.807) is 31.1 Å². The Morgan fingerprint density at radius 3 is 2.66 bits per heavy atom. The number of hydrogen-bond acceptors (Lipinski definition) is 7. The average Bonchev–Trinajstić information content (AvgIpc) is 3.32. The molecular formula is C27H31FN6O3S. The number of pyridine rings is 1. The van der Waals surface area contributed by atoms with Crippen LogP contribution >= 0.6 is 11.3 Å². The Labute approximate surface area is 224 Å². The first-order valence-electron chi connectivity index (χ1n) is 12.7. The number of nitrogens with zero attached hydrogens (tertiary/aromatic N) is 4. The van der Waals surface area contributed by atoms with Gasteiger partial charge in [0.1, 0.15) is 11.5 Å². The molecule has 1 saturated carbocycles. The van der Waals surface area contributed by atoms with E-state index >= 15 is 0 Å². The van der Waals surface area contributed by atoms with Crippen LogP contribution in [-0.4, -0.2) is 77.3 Å². The van der Waals surface area contributed by atoms with Crippen LogP contribution in [0.2, 0.25) is 0 Å². The van der Waals surface area contributed by atoms with Crippen LogP contribution in [0.3, 0.4) is 0 Å². The predicted molar refractivity (Wildman–Crippen MR) is 142 cm³/mol. The van der Waals surface area contributed by atoms with Gasteiger partial charge in [-0.05, 0) is 49.9 Å². The summed E-state index contributed by atoms with van der Waals surface area (Å²) in [4.78, 5) is 52.8. The van der Waals surface area contributed by atoms with Crippen molar-refractivity contribution in [2.24, 2.45) is 5.92 Å². The molecule has 38 heavy (non-hydrogen) atoms. The summed E-state index contributed by atoms with van der Waals surface area (Å²) in [6.45, 7) is 1.67. The van der Waals surface area contributed by atoms with Crippen molar-refractivity contribution in [3.05, 3.63) is 57.6 Å². The van der Waals surface area contributed by atoms with Gasteiger partial charge in [0.15, 0.2) is 5.01 Å². The summed E-state index contributed by atoms with van der Waals surface area (Å²) in [5.41, 5.74) is 1.17. The minimum Gasteiger partial charge on any atom is -0.349 e. The highest BCUT2D eigenvalue weighted by atomic mass is 32.1. The molecular weight excluding hydrogens is 507 g/mol. The SMILES string of the molecule is CN1CCc2nc(C(=O)N[C@H]3C[C@@H](C(=O)N(C)C)CC[C@@H]3NC(=O)c3cc4ccc(F)cc4cn3)sc2C1. The number of aromatic nitrogens is 2. The maximum absolute atomic E-state index is 13.5. The zero-order valence-electron chi connectivity index (χ0n) is 21.7. The van der Waals surface area contributed by atoms with E-state index in [2.05, 4.69) is 25.5 Å². The molecule has 2 N–H and O–H groups in total. The van der Waals surface area contributed by atoms with Gasteiger partial charge in [-0.3, -0.25) is 19.4 Å². The Balaban J connectivity index is 1.34. The lowest BCUT2D eigenvalue weighted by Gasteiger charge is -2.37. The molecule has 2 aromatic heterocycles. The minimum absolute atomic E-state index is 0.00482. The molecule has 0 unspecified atom stereocenters. The topological polar surface area (TPSA) is 108 Å². The molecule has 0 saturated heterocycles. The van der Waals surface area contributed by atoms with E-state index in [9.17, 15) is 18.8 Å². The molecule has 1 aromatic carbocycles. The quantitative estimate of drug-likeness (QED) is 0.517. The second-order valence-electron chi connectivity index (χ2n) is 10.3. The Morgan fingerprint density at radius 2 is 1.87 bits per heavy atom. The third-order valence-electron chi connectivity index (χ3n) is 7.31. The molecule has 9 nitrogen and oxygen atoms in total. The van der Waals surface area contributed by atoms with E-state index in [1.165, 1.54) is 29.7 Å². The number of amides is 3. The Morgan fingerprint density at radius 1 is 1.08 bits per heavy atom. The van der Waals surface area contributed by atoms with Gasteiger partial charge in [0, 0.05) is 62.0 Å². The molecule has 200 valence electrons. The van der Waals surface area contributed by atoms with Crippen LogP contribution < -0.4 is 10.6 Å². The minimum atomic E-state index is -0.452. The first kappa shape index (κ1) is 26.2. The Kier molecular flexibility index (Phi) is 7.40. The van der Waals surface area contributed by atoms with Gasteiger partial charge in [0.05, 0.1) is 11.7 Å². The molecule has 2 aliphatic rings. The molecule has 1 aliphatic heterocycles. The van der Waals surface area contributed by atoms with E-state index in [4.69, 9.17) is 0 Å². The normalized spacial score (nSPS) is 21.5. The lowest BCUT2D eigenvalue weighted by Crippen LogP contribution is -2.56. The molecule has 0 radical (unpaired) electrons. The second kappa shape index (κ2) is 10.7. The number of carbonyl (C=O) groups is 3. The number of likely N-dealkylation sites (N-methyl/N-ethyl adjacent to an activating group) is 1. The van der Waals surface area contributed by atoms with Gasteiger partial charge < -0.3 is 20.4 Å². The van der Waals surface area contributed by atoms with Gasteiger partial charge in [0.25, 0.3) is 11.8 Å². The van der Waals surface area contributed by atoms with Crippen molar-refractivity contribution in [2.75, 3.05) is 27.7 Å². The number of carbonyl (C=O) groups excluding carboxylic acids is 3. The fourth-order valence-electron chi connectivity index (χ4n) is 5.22. The summed E-state index contributed by atoms with van der Waals surface area (Å²) >= 11 is 1.40. The number of hydrogen-bond donors (Lipinski definition) is 2. The highest BCUT2D eigenvalue weighted by Crippen LogP contribution is 2.28. The molecule has 1 aliphatic carbocycles. The van der Waals surface area contributed by atoms with Crippen LogP contribution in [0.1, 0.15) is 50.1 Å². The Hall–Kier alpha value is -3.44. The van der Waals surface area contributed by atoms with Crippen molar-refractivity contribution in [1.82, 2.24) is 30.4 Å². The fourth-order valence-corrected chi connectivity index (χ4v) is 6.31. The standard InChI is InChI=1S/C27H31FN6O3S/c1-33(2)27(37)16-5-7-19(30-24(35)22-11-15-4-6-18(28)10-17(15)13-29-22)21(12-16)31-25(36)26-32-20-8-9-34(3)14-23(20)38-26/h4,6,10-11,13,16,19,21H,5,7-9,12,14H2,1-3H3,(H,30,35)(H,31,36)/t16-,19-,21-/m0/s1. The molecule has 5 rings (SSSR count). The van der Waals surface area contributed by atoms with Gasteiger partial charge >= 0.3 is 0 Å². The predicted octanol–water partition coefficient (Wildman–Crippen LogP) is 2.60. The molecule has 3 aromatic rings. The van der Waals surface area contributed by atoms with Crippen LogP contribution in [0, 0.1) is 11.7 Å². The van der Waals surface area contributed by atoms with Gasteiger partial charge in [-0.25, -0.2) is 9.37 Å². The summed E-state index contributed by atoms with van der Waals surface area (Å²) in [5, 5.41) is 7.80. The van der Waals surface area contributed by atoms with Crippen LogP contribution in [-0.2, 0) is 17.8 Å². The zero-order valence-corrected chi connectivity index (χ0v) is 22.5. The van der Waals surface area contributed by atoms with E-state index < -0.39 is 6.04 Å². The second-order valence-corrected chi connectivity index (χ2v) is 11.4. The highest BCUT2D eigenvalue weighted by molar-refractivity contribution is 7.13. The van der Waals surface area contributed by atoms with Gasteiger partial charge in [0.2, 0.25) is 5.91 Å². The number of nitrogens with one attached hydrogen (secondary N) is 2. The third kappa shape index (κ3) is 5.53. The van der Waals surface area contributed by atoms with Crippen molar-refractivity contribution in [1.29, 1.82) is 0 Å². The molecule has 3 amide bonds. The van der Waals surface area contributed by atoms with E-state index in [-0.39, 0.29) is 41.2 Å². The molecule has 0 spiro atoms. The molecule has 3 atom stereocenters. The number of fused-ring (bicyclic) bond motifs is 2. The molecule has 11 heteroatoms. The molecule has 3 heterocycles. The van der Waals surface area contributed by atoms with Crippen molar-refractivity contribution in [3.8, 4) is 0 Å². The zero-order chi connectivity index (χ0) is 27.0. The van der Waals surface area contributed by atoms with Crippen LogP contribution in [0.15, 0.2) is 30.5 Å². The summed E-state index contributed by atoms with van der Waals surface area (Å²) in [6.07, 6.45) is 3.81. The first-order chi connectivity index (χ1) is 18.2. The Bertz CT molecular complexity index is 1390. The third-order valence-corrected chi connectivity index (χ3v) is 8.39. The number of rotatable bonds is 5. The summed E-state index contributed by atoms with van der Waals surface area (Å²) in [6, 6.07) is 5.10. The maximum atomic E-state index is 13.5. The lowest BCUT2D eigenvalue weighted by atomic mass is 9.81. The van der Waals surface area contributed by atoms with E-state index in [1.807, 2.05) is 7.05 Å². The summed E-state index contributed by atoms with van der Waals surface area (Å²) in [7, 11) is 5.48. The van der Waals surface area contributed by atoms with Crippen LogP contribution in [0.25, 0.3) is 10.8 Å². The van der Waals surface area contributed by atoms with Crippen molar-refractivity contribution in [2.45, 2.75) is 44.3 Å². The van der Waals surface area contributed by atoms with Gasteiger partial charge in [-0.2, -0.15) is 0 Å². The van der Waals surface area contributed by atoms with E-state index in [0.29, 0.717) is 35.0 Å². The lowest BCUT2D eigenvalue weighted by molar-refractivity contribution is -0.134. The van der Waals surface area contributed by atoms with Crippen LogP contribution in [0.5, 0.6) is 0 Å². The van der Waals surface area contributed by atoms with Crippen molar-refractivity contribution in [3.63, 3.8) is 0 Å². The highest BCUT2D eigenvalue weighted by Gasteiger charge is 2.37. The van der Waals surface area contributed by atoms with Crippen molar-refractivity contribution < 1.29 is 18.8 Å².